The van der Waals surface area contributed by atoms with Gasteiger partial charge in [-0.2, -0.15) is 4.98 Å². The second-order valence-electron chi connectivity index (χ2n) is 4.37. The van der Waals surface area contributed by atoms with E-state index in [9.17, 15) is 8.78 Å². The van der Waals surface area contributed by atoms with Crippen molar-refractivity contribution in [1.29, 1.82) is 0 Å². The summed E-state index contributed by atoms with van der Waals surface area (Å²) in [5.41, 5.74) is 5.87. The molecular formula is C12H11F2N3O2. The minimum Gasteiger partial charge on any atom is -0.398 e. The number of halogens is 2. The third-order valence-electron chi connectivity index (χ3n) is 3.06. The molecule has 0 amide bonds. The number of rotatable bonds is 2. The molecule has 1 fully saturated rings. The van der Waals surface area contributed by atoms with E-state index in [4.69, 9.17) is 15.0 Å². The lowest BCUT2D eigenvalue weighted by molar-refractivity contribution is 0.192. The van der Waals surface area contributed by atoms with Crippen molar-refractivity contribution >= 4 is 5.69 Å². The fourth-order valence-corrected chi connectivity index (χ4v) is 2.00. The maximum atomic E-state index is 13.2. The Morgan fingerprint density at radius 2 is 2.05 bits per heavy atom. The number of hydrogen-bond acceptors (Lipinski definition) is 5. The summed E-state index contributed by atoms with van der Waals surface area (Å²) < 4.78 is 36.5. The molecule has 7 heteroatoms. The van der Waals surface area contributed by atoms with Gasteiger partial charge in [0.15, 0.2) is 17.5 Å². The summed E-state index contributed by atoms with van der Waals surface area (Å²) >= 11 is 0. The number of anilines is 1. The van der Waals surface area contributed by atoms with Gasteiger partial charge in [-0.15, -0.1) is 0 Å². The fourth-order valence-electron chi connectivity index (χ4n) is 2.00. The Morgan fingerprint density at radius 3 is 2.79 bits per heavy atom. The second-order valence-corrected chi connectivity index (χ2v) is 4.37. The van der Waals surface area contributed by atoms with Crippen LogP contribution in [0.15, 0.2) is 16.7 Å². The van der Waals surface area contributed by atoms with Gasteiger partial charge in [0.25, 0.3) is 5.89 Å². The molecule has 5 nitrogen and oxygen atoms in total. The lowest BCUT2D eigenvalue weighted by atomic mass is 10.1. The lowest BCUT2D eigenvalue weighted by Crippen LogP contribution is -2.00. The zero-order chi connectivity index (χ0) is 13.4. The number of hydrogen-bond donors (Lipinski definition) is 1. The van der Waals surface area contributed by atoms with Crippen molar-refractivity contribution in [3.63, 3.8) is 0 Å². The highest BCUT2D eigenvalue weighted by Gasteiger charge is 2.24. The predicted molar refractivity (Wildman–Crippen MR) is 62.2 cm³/mol. The average Bonchev–Trinajstić information content (AvgIpc) is 3.03. The molecule has 1 aromatic heterocycles. The van der Waals surface area contributed by atoms with Crippen LogP contribution in [0, 0.1) is 11.6 Å². The summed E-state index contributed by atoms with van der Waals surface area (Å²) in [6.07, 6.45) is 0.812. The largest absolute Gasteiger partial charge is 0.398 e. The summed E-state index contributed by atoms with van der Waals surface area (Å²) in [5, 5.41) is 3.83. The number of ether oxygens (including phenoxy) is 1. The summed E-state index contributed by atoms with van der Waals surface area (Å²) in [6, 6.07) is 1.85. The van der Waals surface area contributed by atoms with Gasteiger partial charge in [0.2, 0.25) is 0 Å². The molecule has 1 aliphatic rings. The smallest absolute Gasteiger partial charge is 0.260 e. The van der Waals surface area contributed by atoms with E-state index in [0.717, 1.165) is 18.6 Å². The quantitative estimate of drug-likeness (QED) is 0.843. The van der Waals surface area contributed by atoms with Gasteiger partial charge in [-0.05, 0) is 12.5 Å². The number of nitrogens with two attached hydrogens (primary N) is 1. The SMILES string of the molecule is Nc1cc(F)c(F)cc1-c1nc(C2CCOC2)no1. The van der Waals surface area contributed by atoms with E-state index in [2.05, 4.69) is 10.1 Å². The van der Waals surface area contributed by atoms with Gasteiger partial charge >= 0.3 is 0 Å². The Hall–Kier alpha value is -2.02. The second kappa shape index (κ2) is 4.58. The van der Waals surface area contributed by atoms with Crippen LogP contribution in [0.5, 0.6) is 0 Å². The number of aromatic nitrogens is 2. The molecule has 2 aromatic rings. The van der Waals surface area contributed by atoms with E-state index in [-0.39, 0.29) is 23.1 Å². The molecule has 0 saturated carbocycles. The van der Waals surface area contributed by atoms with Crippen molar-refractivity contribution in [2.24, 2.45) is 0 Å². The molecule has 3 rings (SSSR count). The standard InChI is InChI=1S/C12H11F2N3O2/c13-8-3-7(10(15)4-9(8)14)12-16-11(17-19-12)6-1-2-18-5-6/h3-4,6H,1-2,5,15H2. The van der Waals surface area contributed by atoms with Crippen molar-refractivity contribution in [3.8, 4) is 11.5 Å². The zero-order valence-corrected chi connectivity index (χ0v) is 9.90. The van der Waals surface area contributed by atoms with Crippen LogP contribution in [-0.4, -0.2) is 23.4 Å². The van der Waals surface area contributed by atoms with Crippen molar-refractivity contribution < 1.29 is 18.0 Å². The first-order valence-corrected chi connectivity index (χ1v) is 5.81. The first-order valence-electron chi connectivity index (χ1n) is 5.81. The van der Waals surface area contributed by atoms with Crippen LogP contribution in [0.2, 0.25) is 0 Å². The molecule has 1 aliphatic heterocycles. The van der Waals surface area contributed by atoms with E-state index in [1.54, 1.807) is 0 Å². The molecule has 2 N–H and O–H groups in total. The highest BCUT2D eigenvalue weighted by atomic mass is 19.2. The highest BCUT2D eigenvalue weighted by Crippen LogP contribution is 2.29. The minimum absolute atomic E-state index is 0.0526. The Bertz CT molecular complexity index is 609. The molecule has 19 heavy (non-hydrogen) atoms. The van der Waals surface area contributed by atoms with Crippen LogP contribution in [0.1, 0.15) is 18.2 Å². The van der Waals surface area contributed by atoms with E-state index < -0.39 is 11.6 Å². The molecule has 100 valence electrons. The first kappa shape index (κ1) is 12.0. The molecule has 0 spiro atoms. The molecule has 0 bridgehead atoms. The van der Waals surface area contributed by atoms with Crippen LogP contribution in [0.25, 0.3) is 11.5 Å². The topological polar surface area (TPSA) is 74.2 Å². The normalized spacial score (nSPS) is 18.9. The molecule has 1 unspecified atom stereocenters. The van der Waals surface area contributed by atoms with Crippen molar-refractivity contribution in [2.75, 3.05) is 18.9 Å². The van der Waals surface area contributed by atoms with Crippen molar-refractivity contribution in [3.05, 3.63) is 29.6 Å². The third kappa shape index (κ3) is 2.17. The Labute approximate surface area is 107 Å². The molecule has 2 heterocycles. The molecule has 0 radical (unpaired) electrons. The molecule has 1 aromatic carbocycles. The van der Waals surface area contributed by atoms with E-state index in [1.165, 1.54) is 0 Å². The van der Waals surface area contributed by atoms with Crippen LogP contribution in [-0.2, 0) is 4.74 Å². The zero-order valence-electron chi connectivity index (χ0n) is 9.90. The van der Waals surface area contributed by atoms with Gasteiger partial charge in [-0.1, -0.05) is 5.16 Å². The molecule has 0 aliphatic carbocycles. The van der Waals surface area contributed by atoms with E-state index in [0.29, 0.717) is 19.0 Å². The number of nitrogens with zero attached hydrogens (tertiary/aromatic N) is 2. The molecule has 1 saturated heterocycles. The Kier molecular flexibility index (Phi) is 2.90. The van der Waals surface area contributed by atoms with Crippen molar-refractivity contribution in [1.82, 2.24) is 10.1 Å². The monoisotopic (exact) mass is 267 g/mol. The van der Waals surface area contributed by atoms with Gasteiger partial charge in [-0.3, -0.25) is 0 Å². The van der Waals surface area contributed by atoms with Gasteiger partial charge in [0, 0.05) is 24.3 Å². The van der Waals surface area contributed by atoms with Gasteiger partial charge < -0.3 is 15.0 Å². The average molecular weight is 267 g/mol. The minimum atomic E-state index is -1.01. The highest BCUT2D eigenvalue weighted by molar-refractivity contribution is 5.70. The molecule has 1 atom stereocenters. The maximum absolute atomic E-state index is 13.2. The third-order valence-corrected chi connectivity index (χ3v) is 3.06. The summed E-state index contributed by atoms with van der Waals surface area (Å²) in [4.78, 5) is 4.17. The maximum Gasteiger partial charge on any atom is 0.260 e. The summed E-state index contributed by atoms with van der Waals surface area (Å²) in [6.45, 7) is 1.19. The van der Waals surface area contributed by atoms with Gasteiger partial charge in [0.1, 0.15) is 0 Å². The van der Waals surface area contributed by atoms with Crippen LogP contribution >= 0.6 is 0 Å². The van der Waals surface area contributed by atoms with Crippen LogP contribution < -0.4 is 5.73 Å². The first-order chi connectivity index (χ1) is 9.15. The van der Waals surface area contributed by atoms with Crippen LogP contribution in [0.4, 0.5) is 14.5 Å². The van der Waals surface area contributed by atoms with E-state index in [1.807, 2.05) is 0 Å². The summed E-state index contributed by atoms with van der Waals surface area (Å²) in [7, 11) is 0. The van der Waals surface area contributed by atoms with Crippen LogP contribution in [0.3, 0.4) is 0 Å². The van der Waals surface area contributed by atoms with Gasteiger partial charge in [-0.25, -0.2) is 8.78 Å². The molecular weight excluding hydrogens is 256 g/mol. The van der Waals surface area contributed by atoms with E-state index >= 15 is 0 Å². The fraction of sp³-hybridized carbons (Fsp3) is 0.333. The number of nitrogen functional groups attached to an aromatic ring is 1. The predicted octanol–water partition coefficient (Wildman–Crippen LogP) is 2.10. The summed E-state index contributed by atoms with van der Waals surface area (Å²) in [5.74, 6) is -1.36. The Balaban J connectivity index is 1.96. The number of benzene rings is 1. The Morgan fingerprint density at radius 1 is 1.26 bits per heavy atom. The van der Waals surface area contributed by atoms with Crippen molar-refractivity contribution in [2.45, 2.75) is 12.3 Å². The van der Waals surface area contributed by atoms with Gasteiger partial charge in [0.05, 0.1) is 12.2 Å². The lowest BCUT2D eigenvalue weighted by Gasteiger charge is -2.01.